The molecule has 0 aromatic heterocycles. The summed E-state index contributed by atoms with van der Waals surface area (Å²) in [5.41, 5.74) is -0.0687. The third kappa shape index (κ3) is 3.62. The van der Waals surface area contributed by atoms with Gasteiger partial charge < -0.3 is 15.1 Å². The third-order valence-electron chi connectivity index (χ3n) is 7.47. The largest absolute Gasteiger partial charge is 0.508 e. The van der Waals surface area contributed by atoms with Crippen LogP contribution in [0, 0.1) is 0 Å². The van der Waals surface area contributed by atoms with Crippen molar-refractivity contribution in [3.63, 3.8) is 0 Å². The van der Waals surface area contributed by atoms with Crippen LogP contribution in [0.2, 0.25) is 0 Å². The van der Waals surface area contributed by atoms with E-state index < -0.39 is 17.2 Å². The lowest BCUT2D eigenvalue weighted by Gasteiger charge is -2.51. The average Bonchev–Trinajstić information content (AvgIpc) is 3.10. The van der Waals surface area contributed by atoms with Crippen molar-refractivity contribution in [1.82, 2.24) is 9.80 Å². The number of fused-ring (bicyclic) bond motifs is 1. The van der Waals surface area contributed by atoms with Gasteiger partial charge in [0.05, 0.1) is 11.6 Å². The van der Waals surface area contributed by atoms with Crippen LogP contribution in [-0.2, 0) is 17.8 Å². The molecule has 2 aromatic carbocycles. The zero-order valence-electron chi connectivity index (χ0n) is 18.7. The molecule has 5 heteroatoms. The molecule has 0 saturated carbocycles. The first-order valence-electron chi connectivity index (χ1n) is 11.6. The number of aliphatic hydroxyl groups is 2. The summed E-state index contributed by atoms with van der Waals surface area (Å²) >= 11 is 0. The first-order chi connectivity index (χ1) is 16.0. The van der Waals surface area contributed by atoms with E-state index in [0.29, 0.717) is 25.9 Å². The van der Waals surface area contributed by atoms with Crippen molar-refractivity contribution >= 4 is 5.91 Å². The first kappa shape index (κ1) is 21.7. The molecule has 0 radical (unpaired) electrons. The SMILES string of the molecule is C=C[C@]1(Cc2ccccc2)N2[C@@H]3C/C=C(O)\C=C/C1(O)C[C@H]2C(=O)N(Cc1ccccc1)C3. The number of aliphatic hydroxyl groups excluding tert-OH is 1. The Kier molecular flexibility index (Phi) is 5.47. The molecule has 0 aliphatic carbocycles. The van der Waals surface area contributed by atoms with Crippen LogP contribution in [0.5, 0.6) is 0 Å². The standard InChI is InChI=1S/C28H30N2O3/c1-2-27(17-21-9-5-3-6-10-21)28(33)16-15-24(31)14-13-23-20-29(19-22-11-7-4-8-12-22)26(32)25(18-28)30(23)27/h2-12,14-16,23,25,31,33H,1,13,17-20H2/b16-15-,24-14+/t23-,25+,27-,28?/m1/s1. The monoisotopic (exact) mass is 442 g/mol. The van der Waals surface area contributed by atoms with Crippen LogP contribution >= 0.6 is 0 Å². The predicted octanol–water partition coefficient (Wildman–Crippen LogP) is 3.77. The van der Waals surface area contributed by atoms with E-state index in [-0.39, 0.29) is 24.1 Å². The third-order valence-corrected chi connectivity index (χ3v) is 7.47. The number of carbonyl (C=O) groups is 1. The quantitative estimate of drug-likeness (QED) is 0.692. The van der Waals surface area contributed by atoms with E-state index in [1.807, 2.05) is 71.6 Å². The van der Waals surface area contributed by atoms with Gasteiger partial charge in [0, 0.05) is 25.6 Å². The van der Waals surface area contributed by atoms with Gasteiger partial charge in [0.2, 0.25) is 5.91 Å². The summed E-state index contributed by atoms with van der Waals surface area (Å²) in [6.07, 6.45) is 8.20. The summed E-state index contributed by atoms with van der Waals surface area (Å²) in [5, 5.41) is 22.5. The minimum Gasteiger partial charge on any atom is -0.508 e. The second-order valence-electron chi connectivity index (χ2n) is 9.40. The van der Waals surface area contributed by atoms with Gasteiger partial charge in [-0.05, 0) is 42.2 Å². The van der Waals surface area contributed by atoms with E-state index in [1.165, 1.54) is 0 Å². The highest BCUT2D eigenvalue weighted by molar-refractivity contribution is 5.84. The second kappa shape index (κ2) is 8.32. The number of carbonyl (C=O) groups excluding carboxylic acids is 1. The fourth-order valence-electron chi connectivity index (χ4n) is 5.90. The summed E-state index contributed by atoms with van der Waals surface area (Å²) in [6, 6.07) is 19.5. The van der Waals surface area contributed by atoms with E-state index in [2.05, 4.69) is 11.5 Å². The topological polar surface area (TPSA) is 64.0 Å². The Hall–Kier alpha value is -3.15. The van der Waals surface area contributed by atoms with Crippen LogP contribution in [0.25, 0.3) is 0 Å². The molecule has 3 heterocycles. The molecular formula is C28H30N2O3. The lowest BCUT2D eigenvalue weighted by Crippen LogP contribution is -2.67. The summed E-state index contributed by atoms with van der Waals surface area (Å²) in [7, 11) is 0. The molecule has 2 N–H and O–H groups in total. The Morgan fingerprint density at radius 2 is 1.73 bits per heavy atom. The molecule has 0 spiro atoms. The molecule has 4 atom stereocenters. The van der Waals surface area contributed by atoms with Gasteiger partial charge in [-0.3, -0.25) is 9.69 Å². The van der Waals surface area contributed by atoms with Gasteiger partial charge in [-0.15, -0.1) is 6.58 Å². The molecule has 3 aliphatic heterocycles. The van der Waals surface area contributed by atoms with Crippen LogP contribution in [-0.4, -0.2) is 55.7 Å². The highest BCUT2D eigenvalue weighted by Gasteiger charge is 2.64. The fraction of sp³-hybridized carbons (Fsp3) is 0.321. The molecule has 2 aromatic rings. The number of hydrogen-bond acceptors (Lipinski definition) is 4. The first-order valence-corrected chi connectivity index (χ1v) is 11.6. The maximum atomic E-state index is 13.8. The molecule has 3 aliphatic rings. The van der Waals surface area contributed by atoms with Gasteiger partial charge in [0.25, 0.3) is 0 Å². The zero-order valence-corrected chi connectivity index (χ0v) is 18.7. The minimum absolute atomic E-state index is 0.0347. The number of amides is 1. The van der Waals surface area contributed by atoms with E-state index in [4.69, 9.17) is 0 Å². The van der Waals surface area contributed by atoms with Gasteiger partial charge in [-0.25, -0.2) is 0 Å². The van der Waals surface area contributed by atoms with Gasteiger partial charge in [-0.2, -0.15) is 0 Å². The smallest absolute Gasteiger partial charge is 0.240 e. The summed E-state index contributed by atoms with van der Waals surface area (Å²) in [6.45, 7) is 5.21. The molecule has 5 nitrogen and oxygen atoms in total. The van der Waals surface area contributed by atoms with Crippen molar-refractivity contribution in [3.8, 4) is 0 Å². The van der Waals surface area contributed by atoms with E-state index in [1.54, 1.807) is 18.2 Å². The van der Waals surface area contributed by atoms with Crippen LogP contribution < -0.4 is 0 Å². The average molecular weight is 443 g/mol. The molecule has 170 valence electrons. The van der Waals surface area contributed by atoms with Crippen LogP contribution in [0.1, 0.15) is 24.0 Å². The van der Waals surface area contributed by atoms with E-state index in [9.17, 15) is 15.0 Å². The number of piperazine rings is 1. The number of allylic oxidation sites excluding steroid dienone is 1. The second-order valence-corrected chi connectivity index (χ2v) is 9.40. The predicted molar refractivity (Wildman–Crippen MR) is 128 cm³/mol. The normalized spacial score (nSPS) is 34.0. The van der Waals surface area contributed by atoms with Crippen molar-refractivity contribution in [2.45, 2.75) is 49.0 Å². The number of nitrogens with zero attached hydrogens (tertiary/aromatic N) is 2. The molecule has 2 bridgehead atoms. The molecule has 1 amide bonds. The maximum Gasteiger partial charge on any atom is 0.240 e. The Bertz CT molecular complexity index is 1100. The van der Waals surface area contributed by atoms with Crippen LogP contribution in [0.3, 0.4) is 0 Å². The fourth-order valence-corrected chi connectivity index (χ4v) is 5.90. The molecule has 1 unspecified atom stereocenters. The van der Waals surface area contributed by atoms with Crippen molar-refractivity contribution in [1.29, 1.82) is 0 Å². The van der Waals surface area contributed by atoms with E-state index in [0.717, 1.165) is 11.1 Å². The summed E-state index contributed by atoms with van der Waals surface area (Å²) in [4.78, 5) is 17.8. The number of rotatable bonds is 5. The van der Waals surface area contributed by atoms with Crippen molar-refractivity contribution in [2.24, 2.45) is 0 Å². The van der Waals surface area contributed by atoms with Crippen molar-refractivity contribution in [3.05, 3.63) is 108 Å². The Balaban J connectivity index is 1.59. The highest BCUT2D eigenvalue weighted by atomic mass is 16.3. The van der Waals surface area contributed by atoms with Gasteiger partial charge in [0.15, 0.2) is 0 Å². The van der Waals surface area contributed by atoms with Crippen LogP contribution in [0.4, 0.5) is 0 Å². The maximum absolute atomic E-state index is 13.8. The number of benzene rings is 2. The Labute approximate surface area is 195 Å². The minimum atomic E-state index is -1.35. The number of hydrogen-bond donors (Lipinski definition) is 2. The summed E-state index contributed by atoms with van der Waals surface area (Å²) < 4.78 is 0. The molecule has 2 saturated heterocycles. The summed E-state index contributed by atoms with van der Waals surface area (Å²) in [5.74, 6) is 0.172. The highest BCUT2D eigenvalue weighted by Crippen LogP contribution is 2.50. The molecule has 5 rings (SSSR count). The Morgan fingerprint density at radius 3 is 2.39 bits per heavy atom. The van der Waals surface area contributed by atoms with Gasteiger partial charge in [-0.1, -0.05) is 66.7 Å². The van der Waals surface area contributed by atoms with E-state index >= 15 is 0 Å². The molecule has 33 heavy (non-hydrogen) atoms. The lowest BCUT2D eigenvalue weighted by atomic mass is 9.75. The van der Waals surface area contributed by atoms with Gasteiger partial charge >= 0.3 is 0 Å². The molecular weight excluding hydrogens is 412 g/mol. The lowest BCUT2D eigenvalue weighted by molar-refractivity contribution is -0.147. The van der Waals surface area contributed by atoms with Gasteiger partial charge in [0.1, 0.15) is 11.4 Å². The zero-order chi connectivity index (χ0) is 23.1. The van der Waals surface area contributed by atoms with Crippen molar-refractivity contribution < 1.29 is 15.0 Å². The van der Waals surface area contributed by atoms with Crippen molar-refractivity contribution in [2.75, 3.05) is 6.54 Å². The van der Waals surface area contributed by atoms with Crippen LogP contribution in [0.15, 0.2) is 97.3 Å². The molecule has 2 fully saturated rings. The Morgan fingerprint density at radius 1 is 1.06 bits per heavy atom.